The van der Waals surface area contributed by atoms with Gasteiger partial charge in [0.2, 0.25) is 0 Å². The number of unbranched alkanes of at least 4 members (excludes halogenated alkanes) is 16. The number of hydrogen-bond acceptors (Lipinski definition) is 6. The van der Waals surface area contributed by atoms with Crippen LogP contribution in [0.3, 0.4) is 0 Å². The summed E-state index contributed by atoms with van der Waals surface area (Å²) in [7, 11) is 0. The Morgan fingerprint density at radius 1 is 0.288 bits per heavy atom. The second kappa shape index (κ2) is 59.8. The Hall–Kier alpha value is -4.71. The summed E-state index contributed by atoms with van der Waals surface area (Å²) in [5.74, 6) is -1.00. The van der Waals surface area contributed by atoms with Gasteiger partial charge in [0.25, 0.3) is 0 Å². The number of allylic oxidation sites excluding steroid dienone is 24. The Balaban J connectivity index is 4.27. The van der Waals surface area contributed by atoms with E-state index in [0.29, 0.717) is 19.3 Å². The highest BCUT2D eigenvalue weighted by molar-refractivity contribution is 5.71. The van der Waals surface area contributed by atoms with Gasteiger partial charge in [-0.2, -0.15) is 0 Å². The van der Waals surface area contributed by atoms with Crippen LogP contribution in [-0.4, -0.2) is 37.2 Å². The molecular formula is C67H106O6. The van der Waals surface area contributed by atoms with Gasteiger partial charge in [-0.1, -0.05) is 244 Å². The zero-order chi connectivity index (χ0) is 52.9. The van der Waals surface area contributed by atoms with Crippen LogP contribution in [0, 0.1) is 0 Å². The molecule has 0 saturated heterocycles. The van der Waals surface area contributed by atoms with Crippen LogP contribution in [0.4, 0.5) is 0 Å². The molecule has 0 aromatic carbocycles. The summed E-state index contributed by atoms with van der Waals surface area (Å²) in [6.07, 6.45) is 86.0. The van der Waals surface area contributed by atoms with E-state index < -0.39 is 6.10 Å². The van der Waals surface area contributed by atoms with E-state index in [1.807, 2.05) is 0 Å². The third-order valence-corrected chi connectivity index (χ3v) is 11.8. The Morgan fingerprint density at radius 2 is 0.548 bits per heavy atom. The monoisotopic (exact) mass is 1010 g/mol. The van der Waals surface area contributed by atoms with Crippen molar-refractivity contribution in [2.24, 2.45) is 0 Å². The summed E-state index contributed by atoms with van der Waals surface area (Å²) in [6.45, 7) is 6.35. The van der Waals surface area contributed by atoms with Crippen molar-refractivity contribution in [2.45, 2.75) is 245 Å². The average molecular weight is 1010 g/mol. The lowest BCUT2D eigenvalue weighted by atomic mass is 10.1. The fourth-order valence-electron chi connectivity index (χ4n) is 7.45. The molecule has 0 amide bonds. The Labute approximate surface area is 448 Å². The van der Waals surface area contributed by atoms with Crippen molar-refractivity contribution in [2.75, 3.05) is 13.2 Å². The molecule has 0 rings (SSSR count). The summed E-state index contributed by atoms with van der Waals surface area (Å²) in [4.78, 5) is 37.8. The van der Waals surface area contributed by atoms with Crippen molar-refractivity contribution in [1.29, 1.82) is 0 Å². The first-order valence-corrected chi connectivity index (χ1v) is 29.3. The van der Waals surface area contributed by atoms with Crippen molar-refractivity contribution < 1.29 is 28.6 Å². The minimum Gasteiger partial charge on any atom is -0.462 e. The minimum absolute atomic E-state index is 0.107. The smallest absolute Gasteiger partial charge is 0.306 e. The average Bonchev–Trinajstić information content (AvgIpc) is 3.39. The van der Waals surface area contributed by atoms with Crippen LogP contribution in [0.25, 0.3) is 0 Å². The molecule has 6 heteroatoms. The molecule has 73 heavy (non-hydrogen) atoms. The second-order valence-electron chi connectivity index (χ2n) is 18.8. The minimum atomic E-state index is -0.811. The summed E-state index contributed by atoms with van der Waals surface area (Å²) in [5.41, 5.74) is 0. The van der Waals surface area contributed by atoms with Crippen LogP contribution in [0.15, 0.2) is 146 Å². The lowest BCUT2D eigenvalue weighted by Gasteiger charge is -2.18. The van der Waals surface area contributed by atoms with Gasteiger partial charge in [0.15, 0.2) is 6.10 Å². The largest absolute Gasteiger partial charge is 0.462 e. The van der Waals surface area contributed by atoms with E-state index in [9.17, 15) is 14.4 Å². The lowest BCUT2D eigenvalue weighted by molar-refractivity contribution is -0.167. The van der Waals surface area contributed by atoms with Crippen LogP contribution in [-0.2, 0) is 28.6 Å². The first-order valence-electron chi connectivity index (χ1n) is 29.3. The highest BCUT2D eigenvalue weighted by Crippen LogP contribution is 2.13. The van der Waals surface area contributed by atoms with Gasteiger partial charge in [0.05, 0.1) is 0 Å². The predicted octanol–water partition coefficient (Wildman–Crippen LogP) is 20.0. The molecule has 0 aliphatic heterocycles. The van der Waals surface area contributed by atoms with Gasteiger partial charge in [-0.15, -0.1) is 0 Å². The maximum Gasteiger partial charge on any atom is 0.306 e. The van der Waals surface area contributed by atoms with Gasteiger partial charge in [-0.25, -0.2) is 0 Å². The van der Waals surface area contributed by atoms with Crippen LogP contribution >= 0.6 is 0 Å². The Kier molecular flexibility index (Phi) is 56.0. The standard InChI is InChI=1S/C67H106O6/c1-4-7-10-13-15-17-19-21-23-25-27-29-30-31-32-33-34-35-36-38-39-41-43-45-47-49-51-54-57-60-66(69)72-63-64(62-71-65(68)59-56-53-12-9-6-3)73-67(70)61-58-55-52-50-48-46-44-42-40-37-28-26-24-22-20-18-16-14-11-8-5-2/h7,10,15,17,20-23,26-29,31-32,34-35,38-40,42-43,45,49,51,64H,4-6,8-9,11-14,16,18-19,24-25,30,33,36-37,41,44,46-48,50,52-63H2,1-3H3/b10-7-,17-15-,22-20-,23-21-,28-26-,29-27-,32-31-,35-34-,39-38-,42-40-,45-43-,51-49-. The van der Waals surface area contributed by atoms with Crippen molar-refractivity contribution in [3.05, 3.63) is 146 Å². The third-order valence-electron chi connectivity index (χ3n) is 11.8. The SMILES string of the molecule is CC/C=C\C/C=C\C/C=C\C/C=C\C/C=C\C/C=C\C/C=C\C/C=C\C/C=C\CCCC(=O)OCC(COC(=O)CCCCCCC)OC(=O)CCCCCCCC/C=C\C/C=C\C/C=C\CCCCCCC. The van der Waals surface area contributed by atoms with E-state index in [2.05, 4.69) is 167 Å². The van der Waals surface area contributed by atoms with Crippen LogP contribution in [0.2, 0.25) is 0 Å². The molecule has 0 heterocycles. The zero-order valence-electron chi connectivity index (χ0n) is 46.8. The number of esters is 3. The van der Waals surface area contributed by atoms with Crippen LogP contribution in [0.1, 0.15) is 239 Å². The molecule has 0 aromatic rings. The van der Waals surface area contributed by atoms with Gasteiger partial charge in [0.1, 0.15) is 13.2 Å². The topological polar surface area (TPSA) is 78.9 Å². The molecule has 0 radical (unpaired) electrons. The van der Waals surface area contributed by atoms with E-state index in [1.165, 1.54) is 51.4 Å². The molecule has 1 atom stereocenters. The van der Waals surface area contributed by atoms with E-state index in [-0.39, 0.29) is 37.5 Å². The van der Waals surface area contributed by atoms with Gasteiger partial charge in [0, 0.05) is 19.3 Å². The summed E-state index contributed by atoms with van der Waals surface area (Å²) < 4.78 is 16.7. The lowest BCUT2D eigenvalue weighted by Crippen LogP contribution is -2.30. The molecule has 410 valence electrons. The molecule has 0 aliphatic rings. The van der Waals surface area contributed by atoms with Gasteiger partial charge in [-0.3, -0.25) is 14.4 Å². The maximum absolute atomic E-state index is 12.8. The van der Waals surface area contributed by atoms with Crippen molar-refractivity contribution in [3.63, 3.8) is 0 Å². The second-order valence-corrected chi connectivity index (χ2v) is 18.8. The molecule has 0 bridgehead atoms. The molecule has 1 unspecified atom stereocenters. The van der Waals surface area contributed by atoms with E-state index in [4.69, 9.17) is 14.2 Å². The Bertz CT molecular complexity index is 1630. The fourth-order valence-corrected chi connectivity index (χ4v) is 7.45. The van der Waals surface area contributed by atoms with E-state index in [0.717, 1.165) is 141 Å². The van der Waals surface area contributed by atoms with Crippen LogP contribution in [0.5, 0.6) is 0 Å². The maximum atomic E-state index is 12.8. The molecule has 6 nitrogen and oxygen atoms in total. The summed E-state index contributed by atoms with van der Waals surface area (Å²) in [6, 6.07) is 0. The quantitative estimate of drug-likeness (QED) is 0.0261. The molecule has 0 fully saturated rings. The highest BCUT2D eigenvalue weighted by Gasteiger charge is 2.19. The molecule has 0 aromatic heterocycles. The normalized spacial score (nSPS) is 13.2. The number of ether oxygens (including phenoxy) is 3. The zero-order valence-corrected chi connectivity index (χ0v) is 46.8. The number of carbonyl (C=O) groups is 3. The molecule has 0 spiro atoms. The van der Waals surface area contributed by atoms with Crippen molar-refractivity contribution in [1.82, 2.24) is 0 Å². The molecule has 0 aliphatic carbocycles. The van der Waals surface area contributed by atoms with Crippen molar-refractivity contribution >= 4 is 17.9 Å². The fraction of sp³-hybridized carbons (Fsp3) is 0.597. The number of rotatable bonds is 51. The number of hydrogen-bond donors (Lipinski definition) is 0. The predicted molar refractivity (Wildman–Crippen MR) is 315 cm³/mol. The highest BCUT2D eigenvalue weighted by atomic mass is 16.6. The molecular weight excluding hydrogens is 901 g/mol. The van der Waals surface area contributed by atoms with Crippen LogP contribution < -0.4 is 0 Å². The van der Waals surface area contributed by atoms with Gasteiger partial charge < -0.3 is 14.2 Å². The number of carbonyl (C=O) groups excluding carboxylic acids is 3. The summed E-state index contributed by atoms with van der Waals surface area (Å²) in [5, 5.41) is 0. The summed E-state index contributed by atoms with van der Waals surface area (Å²) >= 11 is 0. The van der Waals surface area contributed by atoms with Crippen molar-refractivity contribution in [3.8, 4) is 0 Å². The van der Waals surface area contributed by atoms with Gasteiger partial charge >= 0.3 is 17.9 Å². The third kappa shape index (κ3) is 58.1. The Morgan fingerprint density at radius 3 is 0.890 bits per heavy atom. The molecule has 0 N–H and O–H groups in total. The van der Waals surface area contributed by atoms with E-state index >= 15 is 0 Å². The first kappa shape index (κ1) is 68.3. The molecule has 0 saturated carbocycles. The first-order chi connectivity index (χ1) is 36.0. The van der Waals surface area contributed by atoms with E-state index in [1.54, 1.807) is 0 Å². The van der Waals surface area contributed by atoms with Gasteiger partial charge in [-0.05, 0) is 122 Å².